The summed E-state index contributed by atoms with van der Waals surface area (Å²) in [5, 5.41) is 4.18. The molecule has 3 aromatic rings. The number of pyridine rings is 1. The molecule has 5 heterocycles. The van der Waals surface area contributed by atoms with Crippen molar-refractivity contribution in [1.29, 1.82) is 0 Å². The first-order valence-electron chi connectivity index (χ1n) is 9.11. The lowest BCUT2D eigenvalue weighted by Crippen LogP contribution is -2.57. The predicted molar refractivity (Wildman–Crippen MR) is 103 cm³/mol. The maximum Gasteiger partial charge on any atom is 0.271 e. The molecule has 3 aliphatic heterocycles. The number of hydrogen-bond donors (Lipinski definition) is 1. The van der Waals surface area contributed by atoms with Crippen molar-refractivity contribution in [3.63, 3.8) is 0 Å². The van der Waals surface area contributed by atoms with Crippen LogP contribution in [0.3, 0.4) is 0 Å². The number of benzene rings is 1. The monoisotopic (exact) mass is 364 g/mol. The van der Waals surface area contributed by atoms with Crippen LogP contribution < -0.4 is 5.32 Å². The average molecular weight is 364 g/mol. The van der Waals surface area contributed by atoms with Crippen LogP contribution in [0.1, 0.15) is 23.3 Å². The second-order valence-electron chi connectivity index (χ2n) is 7.20. The van der Waals surface area contributed by atoms with Gasteiger partial charge in [0.15, 0.2) is 0 Å². The second-order valence-corrected chi connectivity index (χ2v) is 8.01. The molecule has 0 saturated carbocycles. The van der Waals surface area contributed by atoms with Gasteiger partial charge in [0.25, 0.3) is 5.91 Å². The molecule has 2 aromatic heterocycles. The summed E-state index contributed by atoms with van der Waals surface area (Å²) >= 11 is 1.39. The molecule has 1 atom stereocenters. The summed E-state index contributed by atoms with van der Waals surface area (Å²) in [4.78, 5) is 19.5. The first kappa shape index (κ1) is 15.9. The fourth-order valence-corrected chi connectivity index (χ4v) is 4.99. The molecule has 1 amide bonds. The van der Waals surface area contributed by atoms with E-state index in [2.05, 4.69) is 25.6 Å². The van der Waals surface area contributed by atoms with Crippen LogP contribution in [0, 0.1) is 5.92 Å². The molecule has 0 unspecified atom stereocenters. The Morgan fingerprint density at radius 3 is 2.81 bits per heavy atom. The molecule has 5 nitrogen and oxygen atoms in total. The molecule has 2 bridgehead atoms. The highest BCUT2D eigenvalue weighted by molar-refractivity contribution is 7.13. The number of carbonyl (C=O) groups excluding carboxylic acids is 1. The van der Waals surface area contributed by atoms with Crippen molar-refractivity contribution in [2.24, 2.45) is 5.92 Å². The van der Waals surface area contributed by atoms with E-state index in [1.54, 1.807) is 6.20 Å². The Morgan fingerprint density at radius 2 is 2.08 bits per heavy atom. The molecule has 26 heavy (non-hydrogen) atoms. The lowest BCUT2D eigenvalue weighted by atomic mass is 9.84. The van der Waals surface area contributed by atoms with E-state index in [0.717, 1.165) is 27.8 Å². The van der Waals surface area contributed by atoms with E-state index in [9.17, 15) is 4.79 Å². The van der Waals surface area contributed by atoms with Gasteiger partial charge in [0, 0.05) is 35.9 Å². The number of aromatic nitrogens is 2. The van der Waals surface area contributed by atoms with E-state index in [1.807, 2.05) is 30.5 Å². The van der Waals surface area contributed by atoms with Crippen LogP contribution in [0.4, 0.5) is 0 Å². The number of piperidine rings is 3. The maximum absolute atomic E-state index is 12.8. The summed E-state index contributed by atoms with van der Waals surface area (Å²) in [6, 6.07) is 10.4. The van der Waals surface area contributed by atoms with Crippen LogP contribution in [-0.2, 0) is 0 Å². The summed E-state index contributed by atoms with van der Waals surface area (Å²) in [6.45, 7) is 3.32. The fraction of sp³-hybridized carbons (Fsp3) is 0.350. The zero-order valence-corrected chi connectivity index (χ0v) is 15.2. The number of rotatable bonds is 3. The molecule has 0 aliphatic carbocycles. The highest BCUT2D eigenvalue weighted by Crippen LogP contribution is 2.30. The Balaban J connectivity index is 1.40. The molecule has 1 aromatic carbocycles. The molecule has 3 aliphatic rings. The number of nitrogens with one attached hydrogen (secondary N) is 1. The van der Waals surface area contributed by atoms with Crippen molar-refractivity contribution >= 4 is 27.5 Å². The van der Waals surface area contributed by atoms with Gasteiger partial charge in [-0.2, -0.15) is 4.37 Å². The van der Waals surface area contributed by atoms with Crippen LogP contribution in [0.2, 0.25) is 0 Å². The van der Waals surface area contributed by atoms with Crippen molar-refractivity contribution in [1.82, 2.24) is 19.6 Å². The van der Waals surface area contributed by atoms with Crippen molar-refractivity contribution in [3.8, 4) is 11.1 Å². The Kier molecular flexibility index (Phi) is 3.94. The SMILES string of the molecule is O=C(N[C@H]1CN2CCC1CC2)c1nsc2cc(-c3cccnc3)ccc12. The minimum absolute atomic E-state index is 0.0378. The highest BCUT2D eigenvalue weighted by Gasteiger charge is 2.35. The Bertz CT molecular complexity index is 947. The van der Waals surface area contributed by atoms with Gasteiger partial charge in [-0.25, -0.2) is 0 Å². The molecule has 0 spiro atoms. The highest BCUT2D eigenvalue weighted by atomic mass is 32.1. The quantitative estimate of drug-likeness (QED) is 0.775. The Hall–Kier alpha value is -2.31. The van der Waals surface area contributed by atoms with Crippen LogP contribution in [-0.4, -0.2) is 45.8 Å². The van der Waals surface area contributed by atoms with Gasteiger partial charge in [-0.3, -0.25) is 9.78 Å². The van der Waals surface area contributed by atoms with Gasteiger partial charge in [-0.05, 0) is 61.1 Å². The number of nitrogens with zero attached hydrogens (tertiary/aromatic N) is 3. The Labute approximate surface area is 156 Å². The first-order valence-corrected chi connectivity index (χ1v) is 9.88. The lowest BCUT2D eigenvalue weighted by Gasteiger charge is -2.44. The fourth-order valence-electron chi connectivity index (χ4n) is 4.18. The summed E-state index contributed by atoms with van der Waals surface area (Å²) in [5.41, 5.74) is 2.72. The predicted octanol–water partition coefficient (Wildman–Crippen LogP) is 3.18. The minimum Gasteiger partial charge on any atom is -0.346 e. The van der Waals surface area contributed by atoms with Crippen molar-refractivity contribution < 1.29 is 4.79 Å². The van der Waals surface area contributed by atoms with Crippen molar-refractivity contribution in [2.45, 2.75) is 18.9 Å². The van der Waals surface area contributed by atoms with E-state index in [-0.39, 0.29) is 11.9 Å². The van der Waals surface area contributed by atoms with Crippen LogP contribution in [0.15, 0.2) is 42.7 Å². The molecule has 3 saturated heterocycles. The third kappa shape index (κ3) is 2.79. The molecular weight excluding hydrogens is 344 g/mol. The molecule has 0 radical (unpaired) electrons. The number of fused-ring (bicyclic) bond motifs is 4. The number of amides is 1. The molecule has 6 rings (SSSR count). The lowest BCUT2D eigenvalue weighted by molar-refractivity contribution is 0.0619. The first-order chi connectivity index (χ1) is 12.8. The van der Waals surface area contributed by atoms with Crippen LogP contribution in [0.25, 0.3) is 21.2 Å². The van der Waals surface area contributed by atoms with E-state index < -0.39 is 0 Å². The van der Waals surface area contributed by atoms with Crippen LogP contribution >= 0.6 is 11.5 Å². The molecule has 3 fully saturated rings. The zero-order chi connectivity index (χ0) is 17.5. The zero-order valence-electron chi connectivity index (χ0n) is 14.4. The number of carbonyl (C=O) groups is 1. The van der Waals surface area contributed by atoms with Gasteiger partial charge in [0.2, 0.25) is 0 Å². The van der Waals surface area contributed by atoms with E-state index in [0.29, 0.717) is 11.6 Å². The van der Waals surface area contributed by atoms with Gasteiger partial charge in [0.1, 0.15) is 5.69 Å². The maximum atomic E-state index is 12.8. The van der Waals surface area contributed by atoms with Gasteiger partial charge in [0.05, 0.1) is 4.70 Å². The van der Waals surface area contributed by atoms with Crippen molar-refractivity contribution in [3.05, 3.63) is 48.4 Å². The molecular formula is C20H20N4OS. The third-order valence-electron chi connectivity index (χ3n) is 5.65. The second kappa shape index (κ2) is 6.45. The van der Waals surface area contributed by atoms with Crippen molar-refractivity contribution in [2.75, 3.05) is 19.6 Å². The molecule has 6 heteroatoms. The summed E-state index contributed by atoms with van der Waals surface area (Å²) in [7, 11) is 0. The largest absolute Gasteiger partial charge is 0.346 e. The van der Waals surface area contributed by atoms with Crippen LogP contribution in [0.5, 0.6) is 0 Å². The normalized spacial score (nSPS) is 24.7. The molecule has 1 N–H and O–H groups in total. The smallest absolute Gasteiger partial charge is 0.271 e. The summed E-state index contributed by atoms with van der Waals surface area (Å²) < 4.78 is 5.49. The van der Waals surface area contributed by atoms with E-state index in [1.165, 1.54) is 37.5 Å². The van der Waals surface area contributed by atoms with E-state index in [4.69, 9.17) is 0 Å². The standard InChI is InChI=1S/C20H20N4OS/c25-20(22-17-12-24-8-5-13(17)6-9-24)19-16-4-3-14(10-18(16)26-23-19)15-2-1-7-21-11-15/h1-4,7,10-11,13,17H,5-6,8-9,12H2,(H,22,25)/t17-/m0/s1. The summed E-state index contributed by atoms with van der Waals surface area (Å²) in [6.07, 6.45) is 6.00. The minimum atomic E-state index is -0.0378. The van der Waals surface area contributed by atoms with E-state index >= 15 is 0 Å². The Morgan fingerprint density at radius 1 is 1.19 bits per heavy atom. The van der Waals surface area contributed by atoms with Gasteiger partial charge < -0.3 is 10.2 Å². The third-order valence-corrected chi connectivity index (χ3v) is 6.46. The van der Waals surface area contributed by atoms with Gasteiger partial charge in [-0.15, -0.1) is 0 Å². The van der Waals surface area contributed by atoms with Gasteiger partial charge >= 0.3 is 0 Å². The topological polar surface area (TPSA) is 58.1 Å². The molecule has 132 valence electrons. The van der Waals surface area contributed by atoms with Gasteiger partial charge in [-0.1, -0.05) is 18.2 Å². The average Bonchev–Trinajstić information content (AvgIpc) is 3.13. The summed E-state index contributed by atoms with van der Waals surface area (Å²) in [5.74, 6) is 0.579. The number of hydrogen-bond acceptors (Lipinski definition) is 5.